The molecule has 0 aromatic heterocycles. The Bertz CT molecular complexity index is 3580. The molecule has 106 heavy (non-hydrogen) atoms. The van der Waals surface area contributed by atoms with Gasteiger partial charge in [0, 0.05) is 64.4 Å². The van der Waals surface area contributed by atoms with Gasteiger partial charge in [-0.15, -0.1) is 13.2 Å². The van der Waals surface area contributed by atoms with E-state index in [1.165, 1.54) is 36.4 Å². The SMILES string of the molecule is C=CCCCCOC(=O)O[C@@H]1C(=O)C=C(C)[C@@H]2C[C@H]3OC(=O)C(OC(=O)CC(O)(C(C)C)C(C)C)C4[C@@H](C)[C@@H](O)[C@]5(O)OC[C@@]43C5[C@@]12C.C=CCCCCOC(=O)Oc1ccc([N+](=O)[O-])cc1.CC1=CC(=O)[C@@H](O)[C@]2(C)C3[C@]45CO[C@@]3(O)[C@H](O)[C@H](C)C4C(CC(=O)CC(O)(C(C)C)C(C)C)C(=O)O[C@@H]5C[C@@H]12. The quantitative estimate of drug-likeness (QED) is 0.00965. The molecule has 2 spiro atoms. The van der Waals surface area contributed by atoms with Crippen molar-refractivity contribution >= 4 is 53.3 Å². The number of fused-ring (bicyclic) bond motifs is 2. The number of carbonyl (C=O) groups excluding carboxylic acids is 8. The molecule has 0 amide bonds. The average molecular weight is 1490 g/mol. The van der Waals surface area contributed by atoms with Gasteiger partial charge in [-0.2, -0.15) is 0 Å². The number of rotatable bonds is 24. The van der Waals surface area contributed by atoms with Crippen LogP contribution < -0.4 is 4.74 Å². The number of carbonyl (C=O) groups is 8. The first-order chi connectivity index (χ1) is 49.5. The third-order valence-electron chi connectivity index (χ3n) is 26.5. The number of aliphatic hydroxyl groups excluding tert-OH is 3. The van der Waals surface area contributed by atoms with Gasteiger partial charge in [0.2, 0.25) is 6.10 Å². The largest absolute Gasteiger partial charge is 0.513 e. The molecular weight excluding hydrogens is 1380 g/mol. The standard InChI is InChI=1S/C36H52O12.C30H44O9.C13H15NO5/c1-9-10-11-12-13-44-32(41)48-29-23(37)14-20(6)22-15-24-34-17-45-36(43,31(34)33(22,29)8)28(39)21(7)26(34)27(30(40)46-24)47-25(38)16-35(42,18(2)3)19(4)5;1-13(2)29(36,14(3)4)11-17(31)9-18-22-16(6)23(33)30(37)26-27(7)19(15(5)8-20(32)24(27)34)10-21(39-25(18)35)28(22,26)12-38-30;1-2-3-4-5-10-18-13(15)19-12-8-6-11(7-9-12)14(16)17/h9,14,18-19,21-22,24,26-29,31,39,42-43H,1,10-13,15-17H2,2-8H3;8,13-14,16,18-19,21-24,26,33-34,36-37H,9-12H2,1-7H3;2,6-9H,1,3-5,10H2/t21-,22+,24-,26?,27?,28-,29-,31?,33-,34+,36+;16-,18?,19+,21-,22?,23-,24-,26?,27-,28+,30+;/m11./s1. The van der Waals surface area contributed by atoms with E-state index < -0.39 is 181 Å². The average Bonchev–Trinajstić information content (AvgIpc) is 1.40. The molecule has 4 saturated heterocycles. The molecule has 4 aliphatic heterocycles. The Morgan fingerprint density at radius 1 is 0.651 bits per heavy atom. The van der Waals surface area contributed by atoms with Crippen LogP contribution >= 0.6 is 0 Å². The van der Waals surface area contributed by atoms with Gasteiger partial charge in [-0.05, 0) is 143 Å². The zero-order valence-electron chi connectivity index (χ0n) is 63.5. The number of Topliss-reactive ketones (excluding diaryl/α,β-unsaturated/α-hetero) is 1. The summed E-state index contributed by atoms with van der Waals surface area (Å²) in [5.41, 5.74) is -6.13. The maximum Gasteiger partial charge on any atom is 0.513 e. The maximum absolute atomic E-state index is 13.8. The van der Waals surface area contributed by atoms with Crippen LogP contribution in [0.1, 0.15) is 168 Å². The minimum Gasteiger partial charge on any atom is -0.461 e. The summed E-state index contributed by atoms with van der Waals surface area (Å²) in [6.07, 6.45) is 0.148. The summed E-state index contributed by atoms with van der Waals surface area (Å²) in [6, 6.07) is 5.20. The van der Waals surface area contributed by atoms with E-state index in [0.29, 0.717) is 18.4 Å². The Balaban J connectivity index is 0.000000200. The van der Waals surface area contributed by atoms with Crippen molar-refractivity contribution in [3.63, 3.8) is 0 Å². The van der Waals surface area contributed by atoms with Gasteiger partial charge in [0.1, 0.15) is 42.1 Å². The van der Waals surface area contributed by atoms with Crippen LogP contribution in [0.4, 0.5) is 15.3 Å². The van der Waals surface area contributed by atoms with Crippen LogP contribution in [-0.2, 0) is 66.7 Å². The summed E-state index contributed by atoms with van der Waals surface area (Å²) in [6.45, 7) is 32.5. The monoisotopic (exact) mass is 1490 g/mol. The molecule has 7 N–H and O–H groups in total. The van der Waals surface area contributed by atoms with E-state index in [1.54, 1.807) is 81.4 Å². The Hall–Kier alpha value is -6.82. The molecule has 1 aromatic carbocycles. The van der Waals surface area contributed by atoms with Crippen molar-refractivity contribution in [3.8, 4) is 5.75 Å². The summed E-state index contributed by atoms with van der Waals surface area (Å²) in [5.74, 6) is -15.2. The zero-order valence-corrected chi connectivity index (χ0v) is 63.5. The molecular formula is C79H111NO26. The predicted molar refractivity (Wildman–Crippen MR) is 378 cm³/mol. The van der Waals surface area contributed by atoms with Crippen LogP contribution in [0.5, 0.6) is 5.75 Å². The molecule has 0 radical (unpaired) electrons. The minimum absolute atomic E-state index is 0.0310. The van der Waals surface area contributed by atoms with Crippen molar-refractivity contribution in [1.29, 1.82) is 0 Å². The molecule has 6 aliphatic carbocycles. The Morgan fingerprint density at radius 3 is 1.60 bits per heavy atom. The number of nitro groups is 1. The number of non-ortho nitro benzene ring substituents is 1. The topological polar surface area (TPSA) is 404 Å². The third kappa shape index (κ3) is 14.0. The van der Waals surface area contributed by atoms with Gasteiger partial charge in [-0.1, -0.05) is 106 Å². The summed E-state index contributed by atoms with van der Waals surface area (Å²) >= 11 is 0. The van der Waals surface area contributed by atoms with E-state index in [9.17, 15) is 84.2 Å². The van der Waals surface area contributed by atoms with E-state index in [4.69, 9.17) is 42.6 Å². The first-order valence-electron chi connectivity index (χ1n) is 37.4. The number of aliphatic hydroxyl groups is 7. The predicted octanol–water partition coefficient (Wildman–Crippen LogP) is 8.89. The molecule has 6 unspecified atom stereocenters. The maximum atomic E-state index is 13.8. The summed E-state index contributed by atoms with van der Waals surface area (Å²) in [4.78, 5) is 115. The second-order valence-electron chi connectivity index (χ2n) is 33.3. The Morgan fingerprint density at radius 2 is 1.10 bits per heavy atom. The van der Waals surface area contributed by atoms with Crippen molar-refractivity contribution in [2.45, 2.75) is 233 Å². The highest BCUT2D eigenvalue weighted by Gasteiger charge is 2.86. The summed E-state index contributed by atoms with van der Waals surface area (Å²) < 4.78 is 51.0. The highest BCUT2D eigenvalue weighted by molar-refractivity contribution is 5.97. The number of ketones is 3. The van der Waals surface area contributed by atoms with Gasteiger partial charge in [0.15, 0.2) is 29.2 Å². The van der Waals surface area contributed by atoms with Gasteiger partial charge >= 0.3 is 30.2 Å². The summed E-state index contributed by atoms with van der Waals surface area (Å²) in [7, 11) is 0. The molecule has 8 fully saturated rings. The molecule has 4 bridgehead atoms. The second kappa shape index (κ2) is 31.3. The van der Waals surface area contributed by atoms with Crippen LogP contribution in [0, 0.1) is 109 Å². The number of ether oxygens (including phenoxy) is 9. The highest BCUT2D eigenvalue weighted by atomic mass is 16.7. The van der Waals surface area contributed by atoms with E-state index in [1.807, 2.05) is 27.7 Å². The lowest BCUT2D eigenvalue weighted by molar-refractivity contribution is -0.384. The molecule has 22 atom stereocenters. The number of esters is 3. The van der Waals surface area contributed by atoms with Crippen molar-refractivity contribution < 1.29 is 122 Å². The molecule has 1 aromatic rings. The number of nitrogens with zero attached hydrogens (tertiary/aromatic N) is 1. The number of nitro benzene ring substituents is 1. The molecule has 4 saturated carbocycles. The molecule has 27 heteroatoms. The van der Waals surface area contributed by atoms with Crippen LogP contribution in [0.3, 0.4) is 0 Å². The van der Waals surface area contributed by atoms with Crippen molar-refractivity contribution in [1.82, 2.24) is 0 Å². The van der Waals surface area contributed by atoms with E-state index in [2.05, 4.69) is 13.2 Å². The fourth-order valence-corrected chi connectivity index (χ4v) is 21.1. The highest BCUT2D eigenvalue weighted by Crippen LogP contribution is 2.76. The minimum atomic E-state index is -2.22. The van der Waals surface area contributed by atoms with Gasteiger partial charge in [-0.3, -0.25) is 34.1 Å². The normalized spacial score (nSPS) is 37.2. The van der Waals surface area contributed by atoms with E-state index >= 15 is 0 Å². The number of allylic oxidation sites excluding steroid dienone is 4. The number of hydrogen-bond donors (Lipinski definition) is 7. The van der Waals surface area contributed by atoms with E-state index in [0.717, 1.165) is 37.7 Å². The zero-order chi connectivity index (χ0) is 78.7. The fraction of sp³-hybridized carbons (Fsp3) is 0.722. The van der Waals surface area contributed by atoms with Crippen molar-refractivity contribution in [3.05, 3.63) is 83.0 Å². The number of benzene rings is 1. The molecule has 27 nitrogen and oxygen atoms in total. The van der Waals surface area contributed by atoms with E-state index in [-0.39, 0.29) is 98.9 Å². The van der Waals surface area contributed by atoms with Crippen LogP contribution in [-0.4, -0.2) is 180 Å². The fourth-order valence-electron chi connectivity index (χ4n) is 21.1. The summed E-state index contributed by atoms with van der Waals surface area (Å²) in [5, 5.41) is 91.9. The number of hydrogen-bond acceptors (Lipinski definition) is 26. The van der Waals surface area contributed by atoms with Crippen molar-refractivity contribution in [2.24, 2.45) is 98.6 Å². The number of unbranched alkanes of at least 4 members (excludes halogenated alkanes) is 4. The molecule has 588 valence electrons. The van der Waals surface area contributed by atoms with Gasteiger partial charge in [-0.25, -0.2) is 14.4 Å². The van der Waals surface area contributed by atoms with Crippen LogP contribution in [0.25, 0.3) is 0 Å². The van der Waals surface area contributed by atoms with Gasteiger partial charge in [0.05, 0.1) is 54.9 Å². The lowest BCUT2D eigenvalue weighted by atomic mass is 9.37. The van der Waals surface area contributed by atoms with Crippen molar-refractivity contribution in [2.75, 3.05) is 26.4 Å². The van der Waals surface area contributed by atoms with Crippen LogP contribution in [0.2, 0.25) is 0 Å². The Kier molecular flexibility index (Phi) is 24.6. The van der Waals surface area contributed by atoms with Crippen LogP contribution in [0.15, 0.2) is 72.9 Å². The smallest absolute Gasteiger partial charge is 0.461 e. The molecule has 10 aliphatic rings. The van der Waals surface area contributed by atoms with Gasteiger partial charge in [0.25, 0.3) is 5.69 Å². The molecule has 4 heterocycles. The first-order valence-corrected chi connectivity index (χ1v) is 37.4. The second-order valence-corrected chi connectivity index (χ2v) is 33.3. The Labute approximate surface area is 619 Å². The third-order valence-corrected chi connectivity index (χ3v) is 26.5. The first kappa shape index (κ1) is 83.2. The molecule has 11 rings (SSSR count). The lowest BCUT2D eigenvalue weighted by Crippen LogP contribution is -2.78. The van der Waals surface area contributed by atoms with Gasteiger partial charge < -0.3 is 78.4 Å². The lowest BCUT2D eigenvalue weighted by Gasteiger charge is -2.68.